The van der Waals surface area contributed by atoms with Crippen LogP contribution >= 0.6 is 0 Å². The van der Waals surface area contributed by atoms with Crippen LogP contribution in [-0.4, -0.2) is 19.9 Å². The Morgan fingerprint density at radius 2 is 1.56 bits per heavy atom. The van der Waals surface area contributed by atoms with Crippen LogP contribution < -0.4 is 0 Å². The summed E-state index contributed by atoms with van der Waals surface area (Å²) in [6, 6.07) is 18.6. The predicted octanol–water partition coefficient (Wildman–Crippen LogP) is 5.63. The van der Waals surface area contributed by atoms with Gasteiger partial charge in [0, 0.05) is 29.6 Å². The monoisotopic (exact) mass is 354 g/mol. The second-order valence-corrected chi connectivity index (χ2v) is 6.98. The van der Waals surface area contributed by atoms with Gasteiger partial charge in [-0.05, 0) is 48.4 Å². The summed E-state index contributed by atoms with van der Waals surface area (Å²) < 4.78 is 0. The molecular formula is C23H22N4. The van der Waals surface area contributed by atoms with Crippen LogP contribution in [-0.2, 0) is 0 Å². The Morgan fingerprint density at radius 1 is 0.815 bits per heavy atom. The standard InChI is InChI=1S/C23H22N4/c1-15(2)23-26-21(22(27-23)20-9-4-6-16(3)25-20)19-8-5-7-18(14-19)17-10-12-24-13-11-17/h4-15H,1-3H3,(H,26,27). The quantitative estimate of drug-likeness (QED) is 0.516. The zero-order valence-corrected chi connectivity index (χ0v) is 15.8. The molecule has 0 aliphatic heterocycles. The Bertz CT molecular complexity index is 1060. The number of rotatable bonds is 4. The SMILES string of the molecule is Cc1cccc(-c2[nH]c(C(C)C)nc2-c2cccc(-c3ccncc3)c2)n1. The van der Waals surface area contributed by atoms with Gasteiger partial charge < -0.3 is 4.98 Å². The first kappa shape index (κ1) is 17.2. The minimum absolute atomic E-state index is 0.311. The fourth-order valence-corrected chi connectivity index (χ4v) is 3.13. The van der Waals surface area contributed by atoms with Crippen LogP contribution in [0.25, 0.3) is 33.8 Å². The fraction of sp³-hybridized carbons (Fsp3) is 0.174. The number of imidazole rings is 1. The van der Waals surface area contributed by atoms with E-state index in [0.717, 1.165) is 45.3 Å². The molecule has 0 saturated heterocycles. The van der Waals surface area contributed by atoms with E-state index in [4.69, 9.17) is 9.97 Å². The molecule has 4 aromatic rings. The number of aryl methyl sites for hydroxylation is 1. The molecule has 0 amide bonds. The molecule has 0 unspecified atom stereocenters. The first-order chi connectivity index (χ1) is 13.1. The highest BCUT2D eigenvalue weighted by Gasteiger charge is 2.17. The number of aromatic amines is 1. The van der Waals surface area contributed by atoms with Crippen molar-refractivity contribution in [3.63, 3.8) is 0 Å². The molecule has 4 heteroatoms. The summed E-state index contributed by atoms with van der Waals surface area (Å²) in [5.74, 6) is 1.28. The lowest BCUT2D eigenvalue weighted by molar-refractivity contribution is 0.795. The highest BCUT2D eigenvalue weighted by Crippen LogP contribution is 2.33. The van der Waals surface area contributed by atoms with Crippen molar-refractivity contribution in [2.24, 2.45) is 0 Å². The number of hydrogen-bond donors (Lipinski definition) is 1. The molecule has 4 nitrogen and oxygen atoms in total. The number of pyridine rings is 2. The average molecular weight is 354 g/mol. The van der Waals surface area contributed by atoms with E-state index in [9.17, 15) is 0 Å². The molecule has 0 bridgehead atoms. The normalized spacial score (nSPS) is 11.1. The Kier molecular flexibility index (Phi) is 4.55. The molecule has 0 atom stereocenters. The zero-order valence-electron chi connectivity index (χ0n) is 15.8. The van der Waals surface area contributed by atoms with E-state index in [2.05, 4.69) is 48.1 Å². The van der Waals surface area contributed by atoms with E-state index in [1.807, 2.05) is 49.6 Å². The average Bonchev–Trinajstić information content (AvgIpc) is 3.15. The van der Waals surface area contributed by atoms with Gasteiger partial charge in [0.05, 0.1) is 17.1 Å². The van der Waals surface area contributed by atoms with Crippen LogP contribution in [0.15, 0.2) is 67.0 Å². The maximum atomic E-state index is 4.91. The topological polar surface area (TPSA) is 54.5 Å². The molecule has 0 aliphatic rings. The number of aromatic nitrogens is 4. The molecule has 0 aliphatic carbocycles. The van der Waals surface area contributed by atoms with Crippen molar-refractivity contribution in [1.29, 1.82) is 0 Å². The molecule has 134 valence electrons. The third kappa shape index (κ3) is 3.51. The molecule has 1 aromatic carbocycles. The predicted molar refractivity (Wildman–Crippen MR) is 109 cm³/mol. The van der Waals surface area contributed by atoms with Gasteiger partial charge >= 0.3 is 0 Å². The summed E-state index contributed by atoms with van der Waals surface area (Å²) in [5.41, 5.74) is 7.17. The van der Waals surface area contributed by atoms with Crippen LogP contribution in [0.1, 0.15) is 31.3 Å². The second-order valence-electron chi connectivity index (χ2n) is 6.98. The lowest BCUT2D eigenvalue weighted by atomic mass is 10.0. The minimum Gasteiger partial charge on any atom is -0.340 e. The van der Waals surface area contributed by atoms with Crippen molar-refractivity contribution in [1.82, 2.24) is 19.9 Å². The van der Waals surface area contributed by atoms with E-state index in [1.54, 1.807) is 0 Å². The summed E-state index contributed by atoms with van der Waals surface area (Å²) in [6.07, 6.45) is 3.63. The minimum atomic E-state index is 0.311. The number of nitrogens with one attached hydrogen (secondary N) is 1. The highest BCUT2D eigenvalue weighted by atomic mass is 15.0. The Hall–Kier alpha value is -3.27. The highest BCUT2D eigenvalue weighted by molar-refractivity contribution is 5.80. The number of nitrogens with zero attached hydrogens (tertiary/aromatic N) is 3. The van der Waals surface area contributed by atoms with Crippen LogP contribution in [0.5, 0.6) is 0 Å². The third-order valence-corrected chi connectivity index (χ3v) is 4.56. The molecule has 0 saturated carbocycles. The van der Waals surface area contributed by atoms with Gasteiger partial charge in [-0.2, -0.15) is 0 Å². The van der Waals surface area contributed by atoms with Crippen LogP contribution in [0.3, 0.4) is 0 Å². The number of hydrogen-bond acceptors (Lipinski definition) is 3. The van der Waals surface area contributed by atoms with Crippen molar-refractivity contribution in [2.45, 2.75) is 26.7 Å². The van der Waals surface area contributed by atoms with Crippen molar-refractivity contribution in [2.75, 3.05) is 0 Å². The lowest BCUT2D eigenvalue weighted by Gasteiger charge is -2.06. The molecule has 1 N–H and O–H groups in total. The first-order valence-electron chi connectivity index (χ1n) is 9.16. The maximum Gasteiger partial charge on any atom is 0.109 e. The molecule has 4 rings (SSSR count). The zero-order chi connectivity index (χ0) is 18.8. The van der Waals surface area contributed by atoms with Crippen LogP contribution in [0.4, 0.5) is 0 Å². The van der Waals surface area contributed by atoms with Gasteiger partial charge in [-0.15, -0.1) is 0 Å². The molecule has 27 heavy (non-hydrogen) atoms. The van der Waals surface area contributed by atoms with Crippen molar-refractivity contribution in [3.05, 3.63) is 78.5 Å². The van der Waals surface area contributed by atoms with Gasteiger partial charge in [0.15, 0.2) is 0 Å². The van der Waals surface area contributed by atoms with Gasteiger partial charge in [-0.3, -0.25) is 9.97 Å². The van der Waals surface area contributed by atoms with Gasteiger partial charge in [-0.25, -0.2) is 4.98 Å². The van der Waals surface area contributed by atoms with Crippen LogP contribution in [0, 0.1) is 6.92 Å². The van der Waals surface area contributed by atoms with E-state index in [-0.39, 0.29) is 0 Å². The summed E-state index contributed by atoms with van der Waals surface area (Å²) >= 11 is 0. The summed E-state index contributed by atoms with van der Waals surface area (Å²) in [5, 5.41) is 0. The van der Waals surface area contributed by atoms with Gasteiger partial charge in [-0.1, -0.05) is 38.1 Å². The Morgan fingerprint density at radius 3 is 2.30 bits per heavy atom. The van der Waals surface area contributed by atoms with E-state index < -0.39 is 0 Å². The summed E-state index contributed by atoms with van der Waals surface area (Å²) in [4.78, 5) is 17.2. The van der Waals surface area contributed by atoms with E-state index in [1.165, 1.54) is 0 Å². The van der Waals surface area contributed by atoms with E-state index in [0.29, 0.717) is 5.92 Å². The van der Waals surface area contributed by atoms with Crippen LogP contribution in [0.2, 0.25) is 0 Å². The molecule has 3 heterocycles. The number of H-pyrrole nitrogens is 1. The third-order valence-electron chi connectivity index (χ3n) is 4.56. The molecule has 0 fully saturated rings. The second kappa shape index (κ2) is 7.16. The van der Waals surface area contributed by atoms with Crippen molar-refractivity contribution < 1.29 is 0 Å². The van der Waals surface area contributed by atoms with Crippen molar-refractivity contribution in [3.8, 4) is 33.8 Å². The van der Waals surface area contributed by atoms with Gasteiger partial charge in [0.2, 0.25) is 0 Å². The molecule has 0 spiro atoms. The van der Waals surface area contributed by atoms with Gasteiger partial charge in [0.25, 0.3) is 0 Å². The number of benzene rings is 1. The molecule has 0 radical (unpaired) electrons. The lowest BCUT2D eigenvalue weighted by Crippen LogP contribution is -1.90. The van der Waals surface area contributed by atoms with E-state index >= 15 is 0 Å². The summed E-state index contributed by atoms with van der Waals surface area (Å²) in [7, 11) is 0. The summed E-state index contributed by atoms with van der Waals surface area (Å²) in [6.45, 7) is 6.29. The molecular weight excluding hydrogens is 332 g/mol. The molecule has 3 aromatic heterocycles. The Balaban J connectivity index is 1.86. The fourth-order valence-electron chi connectivity index (χ4n) is 3.13. The Labute approximate surface area is 159 Å². The maximum absolute atomic E-state index is 4.91. The van der Waals surface area contributed by atoms with Gasteiger partial charge in [0.1, 0.15) is 5.82 Å². The first-order valence-corrected chi connectivity index (χ1v) is 9.16. The van der Waals surface area contributed by atoms with Crippen molar-refractivity contribution >= 4 is 0 Å². The largest absolute Gasteiger partial charge is 0.340 e. The smallest absolute Gasteiger partial charge is 0.109 e.